The number of carbonyl (C=O) groups excluding carboxylic acids is 4. The Balaban J connectivity index is 1.85. The minimum absolute atomic E-state index is 0.00159. The topological polar surface area (TPSA) is 195 Å². The first-order chi connectivity index (χ1) is 22.3. The van der Waals surface area contributed by atoms with Crippen molar-refractivity contribution in [2.75, 3.05) is 65.6 Å². The molecule has 0 aliphatic carbocycles. The van der Waals surface area contributed by atoms with E-state index in [0.717, 1.165) is 12.8 Å². The van der Waals surface area contributed by atoms with Crippen molar-refractivity contribution in [2.45, 2.75) is 83.7 Å². The van der Waals surface area contributed by atoms with Crippen LogP contribution in [0.1, 0.15) is 78.1 Å². The molecule has 0 unspecified atom stereocenters. The number of nitrogens with two attached hydrogens (primary N) is 1. The predicted octanol–water partition coefficient (Wildman–Crippen LogP) is 1.03. The summed E-state index contributed by atoms with van der Waals surface area (Å²) >= 11 is 0. The molecule has 0 radical (unpaired) electrons. The summed E-state index contributed by atoms with van der Waals surface area (Å²) in [4.78, 5) is 53.9. The Kier molecular flexibility index (Phi) is 15.6. The highest BCUT2D eigenvalue weighted by atomic mass is 32.2. The van der Waals surface area contributed by atoms with Crippen LogP contribution in [0.2, 0.25) is 0 Å². The molecule has 0 atom stereocenters. The smallest absolute Gasteiger partial charge is 0.317 e. The zero-order chi connectivity index (χ0) is 36.2. The minimum Gasteiger partial charge on any atom is -0.339 e. The average Bonchev–Trinajstić information content (AvgIpc) is 3.04. The van der Waals surface area contributed by atoms with Gasteiger partial charge < -0.3 is 31.9 Å². The molecule has 7 N–H and O–H groups in total. The average molecular weight is 695 g/mol. The van der Waals surface area contributed by atoms with E-state index in [1.165, 1.54) is 38.1 Å². The Morgan fingerprint density at radius 2 is 1.31 bits per heavy atom. The third kappa shape index (κ3) is 13.2. The SMILES string of the molecule is CC(=O)C(C)(C)NCC(C)(CNC(=O)N1CCN(CNC(=O)c2ccc(S(=O)(=O)NCCCCCN)cc2)CC1)CNC(C)(C)C(C)=O. The number of urea groups is 1. The van der Waals surface area contributed by atoms with Gasteiger partial charge in [0, 0.05) is 63.3 Å². The number of unbranched alkanes of at least 4 members (excludes halogenated alkanes) is 2. The Labute approximate surface area is 286 Å². The molecule has 15 heteroatoms. The van der Waals surface area contributed by atoms with E-state index in [0.29, 0.717) is 70.9 Å². The molecule has 0 saturated carbocycles. The number of amides is 3. The lowest BCUT2D eigenvalue weighted by molar-refractivity contribution is -0.122. The molecule has 2 rings (SSSR count). The first kappa shape index (κ1) is 41.2. The molecule has 1 aliphatic heterocycles. The molecule has 272 valence electrons. The summed E-state index contributed by atoms with van der Waals surface area (Å²) in [5, 5.41) is 12.5. The summed E-state index contributed by atoms with van der Waals surface area (Å²) in [5.74, 6) is -0.320. The van der Waals surface area contributed by atoms with Gasteiger partial charge in [0.2, 0.25) is 10.0 Å². The van der Waals surface area contributed by atoms with E-state index in [1.807, 2.05) is 39.5 Å². The highest BCUT2D eigenvalue weighted by molar-refractivity contribution is 7.89. The molecule has 1 heterocycles. The van der Waals surface area contributed by atoms with Gasteiger partial charge >= 0.3 is 6.03 Å². The minimum atomic E-state index is -3.66. The highest BCUT2D eigenvalue weighted by Gasteiger charge is 2.34. The normalized spacial score (nSPS) is 14.9. The molecule has 1 saturated heterocycles. The Morgan fingerprint density at radius 3 is 1.81 bits per heavy atom. The standard InChI is InChI=1S/C33H58N8O6S/c1-25(42)31(3,4)37-22-33(7,23-38-32(5,6)26(2)43)21-35-30(45)41-19-17-40(18-20-41)24-36-29(44)27-11-13-28(14-12-27)48(46,47)39-16-10-8-9-15-34/h11-14,37-39H,8-10,15-24,34H2,1-7H3,(H,35,45)(H,36,44). The second-order valence-electron chi connectivity index (χ2n) is 14.1. The largest absolute Gasteiger partial charge is 0.339 e. The summed E-state index contributed by atoms with van der Waals surface area (Å²) in [6.45, 7) is 16.8. The Morgan fingerprint density at radius 1 is 0.771 bits per heavy atom. The number of ketones is 2. The van der Waals surface area contributed by atoms with Gasteiger partial charge in [0.05, 0.1) is 22.6 Å². The van der Waals surface area contributed by atoms with Gasteiger partial charge in [0.15, 0.2) is 0 Å². The number of nitrogens with zero attached hydrogens (tertiary/aromatic N) is 2. The fraction of sp³-hybridized carbons (Fsp3) is 0.697. The summed E-state index contributed by atoms with van der Waals surface area (Å²) in [6, 6.07) is 5.60. The summed E-state index contributed by atoms with van der Waals surface area (Å²) < 4.78 is 27.6. The van der Waals surface area contributed by atoms with Crippen molar-refractivity contribution < 1.29 is 27.6 Å². The third-order valence-corrected chi connectivity index (χ3v) is 10.5. The van der Waals surface area contributed by atoms with Crippen LogP contribution in [0.25, 0.3) is 0 Å². The van der Waals surface area contributed by atoms with Gasteiger partial charge in [-0.15, -0.1) is 0 Å². The molecule has 1 aromatic carbocycles. The molecule has 1 aromatic rings. The molecule has 14 nitrogen and oxygen atoms in total. The van der Waals surface area contributed by atoms with E-state index in [-0.39, 0.29) is 35.1 Å². The molecular weight excluding hydrogens is 636 g/mol. The van der Waals surface area contributed by atoms with Crippen molar-refractivity contribution in [1.29, 1.82) is 0 Å². The fourth-order valence-corrected chi connectivity index (χ4v) is 5.70. The molecule has 0 aromatic heterocycles. The molecule has 3 amide bonds. The molecular formula is C33H58N8O6S. The maximum atomic E-state index is 13.1. The number of Topliss-reactive ketones (excluding diaryl/α,β-unsaturated/α-hetero) is 2. The van der Waals surface area contributed by atoms with E-state index in [2.05, 4.69) is 26.0 Å². The lowest BCUT2D eigenvalue weighted by atomic mass is 9.86. The molecule has 1 aliphatic rings. The lowest BCUT2D eigenvalue weighted by Gasteiger charge is -2.38. The van der Waals surface area contributed by atoms with Gasteiger partial charge in [0.1, 0.15) is 11.6 Å². The Hall–Kier alpha value is -2.95. The number of nitrogens with one attached hydrogen (secondary N) is 5. The van der Waals surface area contributed by atoms with Crippen LogP contribution in [0, 0.1) is 5.41 Å². The number of carbonyl (C=O) groups is 4. The van der Waals surface area contributed by atoms with Gasteiger partial charge in [-0.3, -0.25) is 19.3 Å². The number of hydrogen-bond acceptors (Lipinski definition) is 10. The van der Waals surface area contributed by atoms with Gasteiger partial charge in [0.25, 0.3) is 5.91 Å². The van der Waals surface area contributed by atoms with Gasteiger partial charge in [-0.2, -0.15) is 0 Å². The second kappa shape index (κ2) is 18.2. The van der Waals surface area contributed by atoms with E-state index >= 15 is 0 Å². The monoisotopic (exact) mass is 694 g/mol. The molecule has 1 fully saturated rings. The number of benzene rings is 1. The predicted molar refractivity (Wildman–Crippen MR) is 187 cm³/mol. The molecule has 48 heavy (non-hydrogen) atoms. The molecule has 0 spiro atoms. The van der Waals surface area contributed by atoms with E-state index in [4.69, 9.17) is 5.73 Å². The second-order valence-corrected chi connectivity index (χ2v) is 15.8. The van der Waals surface area contributed by atoms with Crippen molar-refractivity contribution in [3.05, 3.63) is 29.8 Å². The number of rotatable bonds is 20. The summed E-state index contributed by atoms with van der Waals surface area (Å²) in [5.41, 5.74) is 3.83. The zero-order valence-corrected chi connectivity index (χ0v) is 30.6. The van der Waals surface area contributed by atoms with Crippen LogP contribution < -0.4 is 31.7 Å². The zero-order valence-electron chi connectivity index (χ0n) is 29.8. The first-order valence-electron chi connectivity index (χ1n) is 16.7. The van der Waals surface area contributed by atoms with Crippen molar-refractivity contribution in [3.63, 3.8) is 0 Å². The lowest BCUT2D eigenvalue weighted by Crippen LogP contribution is -2.59. The van der Waals surface area contributed by atoms with Crippen LogP contribution in [0.4, 0.5) is 4.79 Å². The molecule has 0 bridgehead atoms. The van der Waals surface area contributed by atoms with Crippen molar-refractivity contribution in [1.82, 2.24) is 35.8 Å². The number of piperazine rings is 1. The fourth-order valence-electron chi connectivity index (χ4n) is 4.62. The van der Waals surface area contributed by atoms with Crippen LogP contribution >= 0.6 is 0 Å². The summed E-state index contributed by atoms with van der Waals surface area (Å²) in [7, 11) is -3.66. The maximum Gasteiger partial charge on any atom is 0.317 e. The van der Waals surface area contributed by atoms with Crippen molar-refractivity contribution in [3.8, 4) is 0 Å². The van der Waals surface area contributed by atoms with E-state index in [1.54, 1.807) is 4.90 Å². The maximum absolute atomic E-state index is 13.1. The quantitative estimate of drug-likeness (QED) is 0.107. The van der Waals surface area contributed by atoms with Gasteiger partial charge in [-0.1, -0.05) is 13.3 Å². The van der Waals surface area contributed by atoms with Crippen LogP contribution in [0.5, 0.6) is 0 Å². The van der Waals surface area contributed by atoms with Crippen molar-refractivity contribution in [2.24, 2.45) is 11.1 Å². The van der Waals surface area contributed by atoms with Crippen LogP contribution in [0.3, 0.4) is 0 Å². The third-order valence-electron chi connectivity index (χ3n) is 9.06. The Bertz CT molecular complexity index is 1310. The van der Waals surface area contributed by atoms with E-state index in [9.17, 15) is 27.6 Å². The van der Waals surface area contributed by atoms with Gasteiger partial charge in [-0.25, -0.2) is 17.9 Å². The highest BCUT2D eigenvalue weighted by Crippen LogP contribution is 2.18. The van der Waals surface area contributed by atoms with E-state index < -0.39 is 26.5 Å². The van der Waals surface area contributed by atoms with Crippen LogP contribution in [0.15, 0.2) is 29.2 Å². The summed E-state index contributed by atoms with van der Waals surface area (Å²) in [6.07, 6.45) is 2.40. The van der Waals surface area contributed by atoms with Crippen LogP contribution in [-0.4, -0.2) is 118 Å². The van der Waals surface area contributed by atoms with Crippen LogP contribution in [-0.2, 0) is 19.6 Å². The number of hydrogen-bond donors (Lipinski definition) is 6. The first-order valence-corrected chi connectivity index (χ1v) is 18.2. The van der Waals surface area contributed by atoms with Gasteiger partial charge in [-0.05, 0) is 85.2 Å². The number of sulfonamides is 1. The van der Waals surface area contributed by atoms with Crippen molar-refractivity contribution >= 4 is 33.5 Å².